The van der Waals surface area contributed by atoms with E-state index in [2.05, 4.69) is 0 Å². The topological polar surface area (TPSA) is 83.9 Å². The van der Waals surface area contributed by atoms with Gasteiger partial charge in [0.05, 0.1) is 12.3 Å². The molecule has 1 heterocycles. The Bertz CT molecular complexity index is 444. The molecule has 1 aliphatic heterocycles. The summed E-state index contributed by atoms with van der Waals surface area (Å²) in [5, 5.41) is 9.11. The number of amides is 1. The van der Waals surface area contributed by atoms with Crippen molar-refractivity contribution in [3.8, 4) is 0 Å². The third-order valence-corrected chi connectivity index (χ3v) is 3.68. The van der Waals surface area contributed by atoms with Crippen molar-refractivity contribution in [3.63, 3.8) is 0 Å². The minimum absolute atomic E-state index is 0.0209. The van der Waals surface area contributed by atoms with E-state index in [1.165, 1.54) is 0 Å². The summed E-state index contributed by atoms with van der Waals surface area (Å²) in [6.07, 6.45) is -3.14. The van der Waals surface area contributed by atoms with E-state index in [-0.39, 0.29) is 13.0 Å². The normalized spacial score (nSPS) is 29.3. The van der Waals surface area contributed by atoms with Gasteiger partial charge >= 0.3 is 6.09 Å². The number of alkyl halides is 1. The quantitative estimate of drug-likeness (QED) is 0.780. The molecule has 0 radical (unpaired) electrons. The van der Waals surface area contributed by atoms with Gasteiger partial charge in [0.2, 0.25) is 0 Å². The van der Waals surface area contributed by atoms with Gasteiger partial charge in [0.15, 0.2) is 0 Å². The summed E-state index contributed by atoms with van der Waals surface area (Å²) in [5.74, 6) is 0. The standard InChI is InChI=1S/C11H20FNO5S/c1-11(2,3)9-8(12)7(18-19(4,16)17)5-6-13(9)10(14)15/h7-9H,5-6H2,1-4H3,(H,14,15). The van der Waals surface area contributed by atoms with Gasteiger partial charge in [-0.3, -0.25) is 4.18 Å². The summed E-state index contributed by atoms with van der Waals surface area (Å²) in [4.78, 5) is 12.2. The number of likely N-dealkylation sites (tertiary alicyclic amines) is 1. The number of carbonyl (C=O) groups is 1. The molecule has 1 saturated heterocycles. The molecule has 19 heavy (non-hydrogen) atoms. The molecular formula is C11H20FNO5S. The van der Waals surface area contributed by atoms with Crippen LogP contribution < -0.4 is 0 Å². The van der Waals surface area contributed by atoms with E-state index in [0.29, 0.717) is 0 Å². The molecule has 8 heteroatoms. The van der Waals surface area contributed by atoms with Gasteiger partial charge in [0.1, 0.15) is 12.3 Å². The highest BCUT2D eigenvalue weighted by Crippen LogP contribution is 2.35. The first-order valence-corrected chi connectivity index (χ1v) is 7.77. The lowest BCUT2D eigenvalue weighted by molar-refractivity contribution is -0.0490. The second-order valence-electron chi connectivity index (χ2n) is 5.86. The van der Waals surface area contributed by atoms with E-state index < -0.39 is 39.9 Å². The predicted molar refractivity (Wildman–Crippen MR) is 67.2 cm³/mol. The Kier molecular flexibility index (Phi) is 4.46. The highest BCUT2D eigenvalue weighted by molar-refractivity contribution is 7.86. The number of rotatable bonds is 2. The van der Waals surface area contributed by atoms with Crippen molar-refractivity contribution >= 4 is 16.2 Å². The van der Waals surface area contributed by atoms with Gasteiger partial charge < -0.3 is 10.0 Å². The average molecular weight is 297 g/mol. The highest BCUT2D eigenvalue weighted by Gasteiger charge is 2.47. The molecule has 0 saturated carbocycles. The molecule has 0 aromatic heterocycles. The van der Waals surface area contributed by atoms with Gasteiger partial charge in [0, 0.05) is 6.54 Å². The number of piperidine rings is 1. The van der Waals surface area contributed by atoms with Crippen LogP contribution in [-0.4, -0.2) is 55.6 Å². The van der Waals surface area contributed by atoms with Crippen molar-refractivity contribution in [2.45, 2.75) is 45.5 Å². The van der Waals surface area contributed by atoms with Crippen LogP contribution in [0.2, 0.25) is 0 Å². The molecule has 0 aliphatic carbocycles. The van der Waals surface area contributed by atoms with Crippen LogP contribution >= 0.6 is 0 Å². The van der Waals surface area contributed by atoms with Gasteiger partial charge in [0.25, 0.3) is 10.1 Å². The summed E-state index contributed by atoms with van der Waals surface area (Å²) in [6, 6.07) is -0.939. The molecule has 3 unspecified atom stereocenters. The van der Waals surface area contributed by atoms with E-state index in [0.717, 1.165) is 11.2 Å². The number of carboxylic acid groups (broad SMARTS) is 1. The van der Waals surface area contributed by atoms with Crippen LogP contribution in [0.3, 0.4) is 0 Å². The maximum atomic E-state index is 14.5. The van der Waals surface area contributed by atoms with E-state index in [9.17, 15) is 17.6 Å². The second kappa shape index (κ2) is 5.24. The van der Waals surface area contributed by atoms with Crippen LogP contribution in [0.5, 0.6) is 0 Å². The Hall–Kier alpha value is -0.890. The zero-order valence-electron chi connectivity index (χ0n) is 11.5. The van der Waals surface area contributed by atoms with Crippen LogP contribution in [-0.2, 0) is 14.3 Å². The molecular weight excluding hydrogens is 277 g/mol. The van der Waals surface area contributed by atoms with Crippen molar-refractivity contribution in [2.75, 3.05) is 12.8 Å². The fourth-order valence-electron chi connectivity index (χ4n) is 2.43. The molecule has 0 bridgehead atoms. The number of hydrogen-bond donors (Lipinski definition) is 1. The Labute approximate surface area is 112 Å². The first-order chi connectivity index (χ1) is 8.43. The lowest BCUT2D eigenvalue weighted by Gasteiger charge is -2.46. The van der Waals surface area contributed by atoms with Crippen molar-refractivity contribution in [2.24, 2.45) is 5.41 Å². The Balaban J connectivity index is 3.01. The van der Waals surface area contributed by atoms with E-state index >= 15 is 0 Å². The van der Waals surface area contributed by atoms with Crippen LogP contribution in [0.25, 0.3) is 0 Å². The van der Waals surface area contributed by atoms with Crippen molar-refractivity contribution < 1.29 is 26.9 Å². The van der Waals surface area contributed by atoms with Crippen molar-refractivity contribution in [1.82, 2.24) is 4.90 Å². The first kappa shape index (κ1) is 16.2. The summed E-state index contributed by atoms with van der Waals surface area (Å²) >= 11 is 0. The second-order valence-corrected chi connectivity index (χ2v) is 7.46. The first-order valence-electron chi connectivity index (χ1n) is 5.95. The average Bonchev–Trinajstić information content (AvgIpc) is 2.16. The number of hydrogen-bond acceptors (Lipinski definition) is 4. The Morgan fingerprint density at radius 2 is 1.95 bits per heavy atom. The molecule has 1 rings (SSSR count). The van der Waals surface area contributed by atoms with Crippen molar-refractivity contribution in [3.05, 3.63) is 0 Å². The van der Waals surface area contributed by atoms with Crippen LogP contribution in [0.1, 0.15) is 27.2 Å². The molecule has 3 atom stereocenters. The van der Waals surface area contributed by atoms with Crippen LogP contribution in [0, 0.1) is 5.41 Å². The molecule has 0 spiro atoms. The van der Waals surface area contributed by atoms with Gasteiger partial charge in [-0.2, -0.15) is 8.42 Å². The fraction of sp³-hybridized carbons (Fsp3) is 0.909. The third-order valence-electron chi connectivity index (χ3n) is 3.08. The summed E-state index contributed by atoms with van der Waals surface area (Å²) in [5.41, 5.74) is -0.655. The van der Waals surface area contributed by atoms with Crippen molar-refractivity contribution in [1.29, 1.82) is 0 Å². The number of nitrogens with zero attached hydrogens (tertiary/aromatic N) is 1. The zero-order valence-corrected chi connectivity index (χ0v) is 12.3. The van der Waals surface area contributed by atoms with Crippen LogP contribution in [0.15, 0.2) is 0 Å². The highest BCUT2D eigenvalue weighted by atomic mass is 32.2. The minimum atomic E-state index is -3.77. The maximum Gasteiger partial charge on any atom is 0.407 e. The molecule has 112 valence electrons. The predicted octanol–water partition coefficient (Wildman–Crippen LogP) is 1.47. The largest absolute Gasteiger partial charge is 0.465 e. The minimum Gasteiger partial charge on any atom is -0.465 e. The molecule has 1 fully saturated rings. The maximum absolute atomic E-state index is 14.5. The summed E-state index contributed by atoms with van der Waals surface area (Å²) < 4.78 is 41.4. The van der Waals surface area contributed by atoms with E-state index in [1.807, 2.05) is 0 Å². The van der Waals surface area contributed by atoms with E-state index in [1.54, 1.807) is 20.8 Å². The summed E-state index contributed by atoms with van der Waals surface area (Å²) in [7, 11) is -3.77. The molecule has 0 aromatic carbocycles. The van der Waals surface area contributed by atoms with Gasteiger partial charge in [-0.15, -0.1) is 0 Å². The van der Waals surface area contributed by atoms with E-state index in [4.69, 9.17) is 9.29 Å². The molecule has 0 aromatic rings. The van der Waals surface area contributed by atoms with Gasteiger partial charge in [-0.25, -0.2) is 9.18 Å². The van der Waals surface area contributed by atoms with Gasteiger partial charge in [-0.1, -0.05) is 20.8 Å². The zero-order chi connectivity index (χ0) is 15.0. The summed E-state index contributed by atoms with van der Waals surface area (Å²) in [6.45, 7) is 5.19. The molecule has 1 N–H and O–H groups in total. The SMILES string of the molecule is CC(C)(C)C1C(F)C(OS(C)(=O)=O)CCN1C(=O)O. The molecule has 1 aliphatic rings. The molecule has 6 nitrogen and oxygen atoms in total. The van der Waals surface area contributed by atoms with Gasteiger partial charge in [-0.05, 0) is 11.8 Å². The Morgan fingerprint density at radius 1 is 1.42 bits per heavy atom. The Morgan fingerprint density at radius 3 is 2.32 bits per heavy atom. The lowest BCUT2D eigenvalue weighted by Crippen LogP contribution is -2.60. The lowest BCUT2D eigenvalue weighted by atomic mass is 9.79. The smallest absolute Gasteiger partial charge is 0.407 e. The third kappa shape index (κ3) is 4.04. The fourth-order valence-corrected chi connectivity index (χ4v) is 3.08. The molecule has 1 amide bonds. The van der Waals surface area contributed by atoms with Crippen LogP contribution in [0.4, 0.5) is 9.18 Å². The monoisotopic (exact) mass is 297 g/mol. The number of halogens is 1.